The molecule has 0 aliphatic carbocycles. The summed E-state index contributed by atoms with van der Waals surface area (Å²) < 4.78 is 0. The Balaban J connectivity index is 2.37. The number of benzene rings is 1. The highest BCUT2D eigenvalue weighted by atomic mass is 32.1. The Morgan fingerprint density at radius 2 is 2.12 bits per heavy atom. The Hall–Kier alpha value is -1.42. The Kier molecular flexibility index (Phi) is 3.43. The van der Waals surface area contributed by atoms with Crippen LogP contribution in [-0.2, 0) is 0 Å². The van der Waals surface area contributed by atoms with Crippen molar-refractivity contribution < 1.29 is 5.11 Å². The minimum atomic E-state index is 0.352. The van der Waals surface area contributed by atoms with Gasteiger partial charge in [0.2, 0.25) is 0 Å². The predicted molar refractivity (Wildman–Crippen MR) is 70.5 cm³/mol. The fraction of sp³-hybridized carbons (Fsp3) is 0.385. The molecule has 1 heterocycles. The SMILES string of the molecule is CCC(C)c1ccc(-c2nnc(C)s2)cc1O. The molecule has 90 valence electrons. The molecule has 0 fully saturated rings. The molecule has 3 nitrogen and oxygen atoms in total. The predicted octanol–water partition coefficient (Wildman–Crippen LogP) is 3.73. The van der Waals surface area contributed by atoms with Gasteiger partial charge in [-0.3, -0.25) is 0 Å². The van der Waals surface area contributed by atoms with Crippen LogP contribution in [0.5, 0.6) is 5.75 Å². The number of aromatic hydroxyl groups is 1. The quantitative estimate of drug-likeness (QED) is 0.900. The van der Waals surface area contributed by atoms with E-state index >= 15 is 0 Å². The number of nitrogens with zero attached hydrogens (tertiary/aromatic N) is 2. The molecule has 0 spiro atoms. The maximum absolute atomic E-state index is 10.0. The largest absolute Gasteiger partial charge is 0.508 e. The number of phenolic OH excluding ortho intramolecular Hbond substituents is 1. The first-order chi connectivity index (χ1) is 8.11. The van der Waals surface area contributed by atoms with E-state index < -0.39 is 0 Å². The van der Waals surface area contributed by atoms with Gasteiger partial charge in [0.25, 0.3) is 0 Å². The van der Waals surface area contributed by atoms with Crippen LogP contribution >= 0.6 is 11.3 Å². The Labute approximate surface area is 105 Å². The lowest BCUT2D eigenvalue weighted by atomic mass is 9.96. The number of hydrogen-bond donors (Lipinski definition) is 1. The summed E-state index contributed by atoms with van der Waals surface area (Å²) in [4.78, 5) is 0. The summed E-state index contributed by atoms with van der Waals surface area (Å²) in [5, 5.41) is 19.9. The summed E-state index contributed by atoms with van der Waals surface area (Å²) in [6.07, 6.45) is 1.02. The van der Waals surface area contributed by atoms with E-state index in [-0.39, 0.29) is 0 Å². The van der Waals surface area contributed by atoms with E-state index in [9.17, 15) is 5.11 Å². The van der Waals surface area contributed by atoms with Crippen molar-refractivity contribution in [1.82, 2.24) is 10.2 Å². The topological polar surface area (TPSA) is 46.0 Å². The van der Waals surface area contributed by atoms with Crippen molar-refractivity contribution in [2.24, 2.45) is 0 Å². The van der Waals surface area contributed by atoms with Gasteiger partial charge in [0.15, 0.2) is 0 Å². The minimum Gasteiger partial charge on any atom is -0.508 e. The fourth-order valence-corrected chi connectivity index (χ4v) is 2.41. The lowest BCUT2D eigenvalue weighted by Gasteiger charge is -2.11. The van der Waals surface area contributed by atoms with Gasteiger partial charge in [-0.05, 0) is 30.9 Å². The second-order valence-corrected chi connectivity index (χ2v) is 5.39. The standard InChI is InChI=1S/C13H16N2OS/c1-4-8(2)11-6-5-10(7-12(11)16)13-15-14-9(3)17-13/h5-8,16H,4H2,1-3H3. The molecule has 0 radical (unpaired) electrons. The molecule has 1 aromatic heterocycles. The van der Waals surface area contributed by atoms with Gasteiger partial charge in [0, 0.05) is 5.56 Å². The maximum atomic E-state index is 10.0. The van der Waals surface area contributed by atoms with E-state index in [1.54, 1.807) is 6.07 Å². The Bertz CT molecular complexity index is 522. The van der Waals surface area contributed by atoms with Crippen molar-refractivity contribution in [3.8, 4) is 16.3 Å². The highest BCUT2D eigenvalue weighted by Crippen LogP contribution is 2.33. The lowest BCUT2D eigenvalue weighted by molar-refractivity contribution is 0.462. The molecule has 2 aromatic rings. The summed E-state index contributed by atoms with van der Waals surface area (Å²) >= 11 is 1.54. The smallest absolute Gasteiger partial charge is 0.147 e. The van der Waals surface area contributed by atoms with Crippen LogP contribution in [0.15, 0.2) is 18.2 Å². The normalized spacial score (nSPS) is 12.6. The third-order valence-electron chi connectivity index (χ3n) is 2.95. The first kappa shape index (κ1) is 12.0. The molecule has 4 heteroatoms. The van der Waals surface area contributed by atoms with Crippen molar-refractivity contribution in [3.05, 3.63) is 28.8 Å². The summed E-state index contributed by atoms with van der Waals surface area (Å²) in [6.45, 7) is 6.16. The van der Waals surface area contributed by atoms with Gasteiger partial charge >= 0.3 is 0 Å². The highest BCUT2D eigenvalue weighted by Gasteiger charge is 2.11. The molecule has 1 aromatic carbocycles. The molecule has 0 saturated heterocycles. The summed E-state index contributed by atoms with van der Waals surface area (Å²) in [6, 6.07) is 5.76. The molecular formula is C13H16N2OS. The van der Waals surface area contributed by atoms with Gasteiger partial charge in [-0.15, -0.1) is 10.2 Å². The van der Waals surface area contributed by atoms with Crippen LogP contribution < -0.4 is 0 Å². The zero-order valence-corrected chi connectivity index (χ0v) is 11.1. The zero-order chi connectivity index (χ0) is 12.4. The van der Waals surface area contributed by atoms with Gasteiger partial charge in [-0.1, -0.05) is 37.3 Å². The van der Waals surface area contributed by atoms with E-state index in [0.29, 0.717) is 11.7 Å². The molecule has 1 atom stereocenters. The number of hydrogen-bond acceptors (Lipinski definition) is 4. The van der Waals surface area contributed by atoms with Gasteiger partial charge in [0.05, 0.1) is 0 Å². The molecule has 0 aliphatic heterocycles. The van der Waals surface area contributed by atoms with Crippen LogP contribution in [0, 0.1) is 6.92 Å². The average Bonchev–Trinajstić information content (AvgIpc) is 2.75. The van der Waals surface area contributed by atoms with Crippen LogP contribution in [-0.4, -0.2) is 15.3 Å². The van der Waals surface area contributed by atoms with Crippen molar-refractivity contribution in [3.63, 3.8) is 0 Å². The number of aryl methyl sites for hydroxylation is 1. The number of rotatable bonds is 3. The molecule has 0 amide bonds. The fourth-order valence-electron chi connectivity index (χ4n) is 1.73. The molecule has 17 heavy (non-hydrogen) atoms. The van der Waals surface area contributed by atoms with Crippen LogP contribution in [0.2, 0.25) is 0 Å². The molecule has 0 aliphatic rings. The van der Waals surface area contributed by atoms with Crippen LogP contribution in [0.25, 0.3) is 10.6 Å². The minimum absolute atomic E-state index is 0.352. The highest BCUT2D eigenvalue weighted by molar-refractivity contribution is 7.14. The third kappa shape index (κ3) is 2.47. The van der Waals surface area contributed by atoms with Gasteiger partial charge in [-0.25, -0.2) is 0 Å². The molecule has 0 bridgehead atoms. The molecular weight excluding hydrogens is 232 g/mol. The summed E-state index contributed by atoms with van der Waals surface area (Å²) in [5.74, 6) is 0.727. The number of phenols is 1. The van der Waals surface area contributed by atoms with Crippen molar-refractivity contribution in [2.45, 2.75) is 33.1 Å². The van der Waals surface area contributed by atoms with Gasteiger partial charge < -0.3 is 5.11 Å². The van der Waals surface area contributed by atoms with Crippen LogP contribution in [0.3, 0.4) is 0 Å². The number of aromatic nitrogens is 2. The Morgan fingerprint density at radius 1 is 1.35 bits per heavy atom. The van der Waals surface area contributed by atoms with Crippen LogP contribution in [0.4, 0.5) is 0 Å². The van der Waals surface area contributed by atoms with Crippen LogP contribution in [0.1, 0.15) is 36.8 Å². The summed E-state index contributed by atoms with van der Waals surface area (Å²) in [5.41, 5.74) is 1.93. The van der Waals surface area contributed by atoms with E-state index in [2.05, 4.69) is 24.0 Å². The molecule has 0 saturated carbocycles. The average molecular weight is 248 g/mol. The molecule has 1 unspecified atom stereocenters. The second-order valence-electron chi connectivity index (χ2n) is 4.21. The second kappa shape index (κ2) is 4.84. The monoisotopic (exact) mass is 248 g/mol. The third-order valence-corrected chi connectivity index (χ3v) is 3.83. The maximum Gasteiger partial charge on any atom is 0.147 e. The van der Waals surface area contributed by atoms with Gasteiger partial charge in [-0.2, -0.15) is 0 Å². The first-order valence-corrected chi connectivity index (χ1v) is 6.56. The molecule has 1 N–H and O–H groups in total. The van der Waals surface area contributed by atoms with Crippen molar-refractivity contribution in [1.29, 1.82) is 0 Å². The van der Waals surface area contributed by atoms with E-state index in [1.165, 1.54) is 11.3 Å². The van der Waals surface area contributed by atoms with Crippen molar-refractivity contribution in [2.75, 3.05) is 0 Å². The summed E-state index contributed by atoms with van der Waals surface area (Å²) in [7, 11) is 0. The lowest BCUT2D eigenvalue weighted by Crippen LogP contribution is -1.92. The Morgan fingerprint density at radius 3 is 2.65 bits per heavy atom. The molecule has 2 rings (SSSR count). The van der Waals surface area contributed by atoms with Crippen molar-refractivity contribution >= 4 is 11.3 Å². The van der Waals surface area contributed by atoms with E-state index in [4.69, 9.17) is 0 Å². The first-order valence-electron chi connectivity index (χ1n) is 5.75. The van der Waals surface area contributed by atoms with E-state index in [1.807, 2.05) is 19.1 Å². The zero-order valence-electron chi connectivity index (χ0n) is 10.3. The van der Waals surface area contributed by atoms with Gasteiger partial charge in [0.1, 0.15) is 15.8 Å². The van der Waals surface area contributed by atoms with E-state index in [0.717, 1.165) is 27.6 Å².